The van der Waals surface area contributed by atoms with Gasteiger partial charge in [0.05, 0.1) is 30.0 Å². The minimum atomic E-state index is -3.74. The molecule has 8 nitrogen and oxygen atoms in total. The van der Waals surface area contributed by atoms with E-state index < -0.39 is 21.3 Å². The molecule has 104 valence electrons. The van der Waals surface area contributed by atoms with E-state index in [1.807, 2.05) is 0 Å². The summed E-state index contributed by atoms with van der Waals surface area (Å²) in [6, 6.07) is 3.54. The number of nitrogens with zero attached hydrogens (tertiary/aromatic N) is 1. The van der Waals surface area contributed by atoms with E-state index in [-0.39, 0.29) is 17.0 Å². The Morgan fingerprint density at radius 2 is 2.00 bits per heavy atom. The van der Waals surface area contributed by atoms with Crippen LogP contribution in [0.3, 0.4) is 0 Å². The van der Waals surface area contributed by atoms with Crippen molar-refractivity contribution in [3.8, 4) is 5.75 Å². The Balaban J connectivity index is 2.43. The molecule has 0 radical (unpaired) electrons. The van der Waals surface area contributed by atoms with Crippen LogP contribution >= 0.6 is 0 Å². The maximum atomic E-state index is 11.1. The SMILES string of the molecule is CS(=O)(=O)Oc1ccc([N+](=O)[O-])cc1C1OCCO1. The van der Waals surface area contributed by atoms with Crippen molar-refractivity contribution in [3.63, 3.8) is 0 Å². The van der Waals surface area contributed by atoms with Crippen LogP contribution in [-0.4, -0.2) is 32.8 Å². The molecule has 0 unspecified atom stereocenters. The van der Waals surface area contributed by atoms with E-state index in [1.54, 1.807) is 0 Å². The second-order valence-corrected chi connectivity index (χ2v) is 5.42. The molecular formula is C10H11NO7S. The highest BCUT2D eigenvalue weighted by Gasteiger charge is 2.26. The van der Waals surface area contributed by atoms with Crippen molar-refractivity contribution in [3.05, 3.63) is 33.9 Å². The molecule has 0 saturated carbocycles. The number of nitro benzene ring substituents is 1. The van der Waals surface area contributed by atoms with Gasteiger partial charge in [-0.3, -0.25) is 10.1 Å². The number of rotatable bonds is 4. The van der Waals surface area contributed by atoms with Crippen molar-refractivity contribution < 1.29 is 27.0 Å². The molecule has 1 aromatic carbocycles. The first-order chi connectivity index (χ1) is 8.87. The third kappa shape index (κ3) is 3.40. The molecule has 9 heteroatoms. The lowest BCUT2D eigenvalue weighted by molar-refractivity contribution is -0.385. The van der Waals surface area contributed by atoms with Gasteiger partial charge in [0.15, 0.2) is 12.0 Å². The number of benzene rings is 1. The highest BCUT2D eigenvalue weighted by atomic mass is 32.2. The zero-order chi connectivity index (χ0) is 14.0. The highest BCUT2D eigenvalue weighted by Crippen LogP contribution is 2.34. The van der Waals surface area contributed by atoms with Crippen LogP contribution in [0.1, 0.15) is 11.9 Å². The van der Waals surface area contributed by atoms with Crippen LogP contribution in [0, 0.1) is 10.1 Å². The summed E-state index contributed by atoms with van der Waals surface area (Å²) in [5, 5.41) is 10.7. The quantitative estimate of drug-likeness (QED) is 0.462. The molecule has 0 atom stereocenters. The van der Waals surface area contributed by atoms with Gasteiger partial charge in [-0.2, -0.15) is 8.42 Å². The van der Waals surface area contributed by atoms with Gasteiger partial charge >= 0.3 is 10.1 Å². The Morgan fingerprint density at radius 3 is 2.53 bits per heavy atom. The van der Waals surface area contributed by atoms with Crippen molar-refractivity contribution in [1.29, 1.82) is 0 Å². The fourth-order valence-corrected chi connectivity index (χ4v) is 2.09. The second-order valence-electron chi connectivity index (χ2n) is 3.84. The van der Waals surface area contributed by atoms with Crippen LogP contribution in [-0.2, 0) is 19.6 Å². The first-order valence-electron chi connectivity index (χ1n) is 5.28. The monoisotopic (exact) mass is 289 g/mol. The summed E-state index contributed by atoms with van der Waals surface area (Å²) in [6.45, 7) is 0.650. The predicted molar refractivity (Wildman–Crippen MR) is 63.2 cm³/mol. The van der Waals surface area contributed by atoms with Crippen LogP contribution < -0.4 is 4.18 Å². The lowest BCUT2D eigenvalue weighted by Gasteiger charge is -2.13. The maximum Gasteiger partial charge on any atom is 0.306 e. The molecule has 0 N–H and O–H groups in total. The molecule has 1 fully saturated rings. The fraction of sp³-hybridized carbons (Fsp3) is 0.400. The predicted octanol–water partition coefficient (Wildman–Crippen LogP) is 0.979. The van der Waals surface area contributed by atoms with Gasteiger partial charge in [0.2, 0.25) is 0 Å². The van der Waals surface area contributed by atoms with Gasteiger partial charge in [-0.15, -0.1) is 0 Å². The third-order valence-electron chi connectivity index (χ3n) is 2.32. The van der Waals surface area contributed by atoms with Gasteiger partial charge in [0, 0.05) is 12.1 Å². The zero-order valence-corrected chi connectivity index (χ0v) is 10.8. The topological polar surface area (TPSA) is 105 Å². The molecule has 0 amide bonds. The van der Waals surface area contributed by atoms with Gasteiger partial charge in [0.25, 0.3) is 5.69 Å². The van der Waals surface area contributed by atoms with E-state index >= 15 is 0 Å². The summed E-state index contributed by atoms with van der Waals surface area (Å²) in [4.78, 5) is 10.1. The molecular weight excluding hydrogens is 278 g/mol. The molecule has 0 bridgehead atoms. The summed E-state index contributed by atoms with van der Waals surface area (Å²) in [6.07, 6.45) is 0.0193. The number of nitro groups is 1. The van der Waals surface area contributed by atoms with E-state index in [4.69, 9.17) is 13.7 Å². The van der Waals surface area contributed by atoms with Gasteiger partial charge in [0.1, 0.15) is 0 Å². The van der Waals surface area contributed by atoms with Gasteiger partial charge < -0.3 is 13.7 Å². The van der Waals surface area contributed by atoms with Crippen molar-refractivity contribution in [2.24, 2.45) is 0 Å². The van der Waals surface area contributed by atoms with E-state index in [9.17, 15) is 18.5 Å². The van der Waals surface area contributed by atoms with Gasteiger partial charge in [-0.25, -0.2) is 0 Å². The summed E-state index contributed by atoms with van der Waals surface area (Å²) < 4.78 is 37.5. The number of ether oxygens (including phenoxy) is 2. The standard InChI is InChI=1S/C10H11NO7S/c1-19(14,15)18-9-3-2-7(11(12)13)6-8(9)10-16-4-5-17-10/h2-3,6,10H,4-5H2,1H3. The van der Waals surface area contributed by atoms with Crippen LogP contribution in [0.15, 0.2) is 18.2 Å². The minimum Gasteiger partial charge on any atom is -0.382 e. The number of hydrogen-bond donors (Lipinski definition) is 0. The molecule has 2 rings (SSSR count). The molecule has 1 heterocycles. The van der Waals surface area contributed by atoms with Crippen LogP contribution in [0.25, 0.3) is 0 Å². The summed E-state index contributed by atoms with van der Waals surface area (Å²) in [5.74, 6) is -0.0417. The fourth-order valence-electron chi connectivity index (χ4n) is 1.61. The minimum absolute atomic E-state index is 0.0417. The van der Waals surface area contributed by atoms with Crippen LogP contribution in [0.2, 0.25) is 0 Å². The maximum absolute atomic E-state index is 11.1. The molecule has 0 aliphatic carbocycles. The van der Waals surface area contributed by atoms with Crippen LogP contribution in [0.5, 0.6) is 5.75 Å². The first kappa shape index (κ1) is 13.7. The average molecular weight is 289 g/mol. The van der Waals surface area contributed by atoms with Crippen molar-refractivity contribution >= 4 is 15.8 Å². The summed E-state index contributed by atoms with van der Waals surface area (Å²) in [7, 11) is -3.74. The van der Waals surface area contributed by atoms with Gasteiger partial charge in [-0.05, 0) is 6.07 Å². The molecule has 1 aliphatic heterocycles. The van der Waals surface area contributed by atoms with E-state index in [1.165, 1.54) is 12.1 Å². The Morgan fingerprint density at radius 1 is 1.37 bits per heavy atom. The van der Waals surface area contributed by atoms with Crippen molar-refractivity contribution in [1.82, 2.24) is 0 Å². The Hall–Kier alpha value is -1.71. The summed E-state index contributed by atoms with van der Waals surface area (Å²) >= 11 is 0. The first-order valence-corrected chi connectivity index (χ1v) is 7.09. The molecule has 19 heavy (non-hydrogen) atoms. The smallest absolute Gasteiger partial charge is 0.306 e. The lowest BCUT2D eigenvalue weighted by atomic mass is 10.1. The highest BCUT2D eigenvalue weighted by molar-refractivity contribution is 7.86. The Labute approximate surface area is 109 Å². The number of hydrogen-bond acceptors (Lipinski definition) is 7. The molecule has 0 aromatic heterocycles. The molecule has 1 aromatic rings. The van der Waals surface area contributed by atoms with Crippen molar-refractivity contribution in [2.75, 3.05) is 19.5 Å². The largest absolute Gasteiger partial charge is 0.382 e. The molecule has 1 aliphatic rings. The zero-order valence-electron chi connectivity index (χ0n) is 9.94. The third-order valence-corrected chi connectivity index (χ3v) is 2.80. The average Bonchev–Trinajstić information content (AvgIpc) is 2.80. The normalized spacial score (nSPS) is 16.5. The number of non-ortho nitro benzene ring substituents is 1. The van der Waals surface area contributed by atoms with E-state index in [2.05, 4.69) is 0 Å². The Bertz CT molecular complexity index is 592. The Kier molecular flexibility index (Phi) is 3.69. The molecule has 0 spiro atoms. The van der Waals surface area contributed by atoms with E-state index in [0.29, 0.717) is 13.2 Å². The second kappa shape index (κ2) is 5.11. The lowest BCUT2D eigenvalue weighted by Crippen LogP contribution is -2.10. The summed E-state index contributed by atoms with van der Waals surface area (Å²) in [5.41, 5.74) is -0.0212. The van der Waals surface area contributed by atoms with E-state index in [0.717, 1.165) is 12.3 Å². The van der Waals surface area contributed by atoms with Crippen molar-refractivity contribution in [2.45, 2.75) is 6.29 Å². The molecule has 1 saturated heterocycles. The van der Waals surface area contributed by atoms with Crippen LogP contribution in [0.4, 0.5) is 5.69 Å². The van der Waals surface area contributed by atoms with Gasteiger partial charge in [-0.1, -0.05) is 0 Å².